The Hall–Kier alpha value is -1.32. The Morgan fingerprint density at radius 2 is 1.74 bits per heavy atom. The van der Waals surface area contributed by atoms with E-state index in [1.54, 1.807) is 0 Å². The second-order valence-corrected chi connectivity index (χ2v) is 13.4. The molecule has 0 radical (unpaired) electrons. The van der Waals surface area contributed by atoms with Crippen molar-refractivity contribution in [1.29, 1.82) is 0 Å². The fraction of sp³-hybridized carbons (Fsp3) is 0.867. The molecular formula is C30H52N4O4. The summed E-state index contributed by atoms with van der Waals surface area (Å²) in [5.74, 6) is 1.25. The molecule has 0 aromatic rings. The predicted octanol–water partition coefficient (Wildman–Crippen LogP) is 4.26. The Labute approximate surface area is 229 Å². The van der Waals surface area contributed by atoms with E-state index in [0.29, 0.717) is 18.3 Å². The highest BCUT2D eigenvalue weighted by Crippen LogP contribution is 2.42. The van der Waals surface area contributed by atoms with Crippen LogP contribution in [0.2, 0.25) is 0 Å². The van der Waals surface area contributed by atoms with Gasteiger partial charge in [-0.3, -0.25) is 20.7 Å². The van der Waals surface area contributed by atoms with E-state index in [1.165, 1.54) is 25.7 Å². The van der Waals surface area contributed by atoms with E-state index in [9.17, 15) is 20.3 Å². The molecule has 1 saturated carbocycles. The monoisotopic (exact) mass is 532 g/mol. The van der Waals surface area contributed by atoms with Crippen LogP contribution in [0.4, 0.5) is 0 Å². The van der Waals surface area contributed by atoms with Crippen molar-refractivity contribution in [2.75, 3.05) is 13.1 Å². The molecule has 0 amide bonds. The number of hydrogen-bond donors (Lipinski definition) is 5. The zero-order chi connectivity index (χ0) is 27.3. The highest BCUT2D eigenvalue weighted by Gasteiger charge is 2.42. The van der Waals surface area contributed by atoms with Crippen LogP contribution in [-0.4, -0.2) is 58.3 Å². The van der Waals surface area contributed by atoms with Gasteiger partial charge < -0.3 is 15.5 Å². The van der Waals surface area contributed by atoms with Crippen LogP contribution in [0, 0.1) is 33.8 Å². The molecule has 4 aliphatic rings. The van der Waals surface area contributed by atoms with Crippen molar-refractivity contribution in [3.05, 3.63) is 33.4 Å². The first kappa shape index (κ1) is 29.7. The van der Waals surface area contributed by atoms with Crippen molar-refractivity contribution in [3.63, 3.8) is 0 Å². The van der Waals surface area contributed by atoms with Crippen LogP contribution in [0.5, 0.6) is 0 Å². The van der Waals surface area contributed by atoms with Gasteiger partial charge in [-0.2, -0.15) is 0 Å². The topological polar surface area (TPSA) is 120 Å². The third-order valence-corrected chi connectivity index (χ3v) is 9.49. The standard InChI is InChI=1S/C30H52N4O4/c1-30(2,3)33-29(36)25-11-7-6-10-23(25)19-26(34(37)38)27(32-28(35)21-14-16-31-17-15-21)24-13-12-20-8-4-5-9-22(20)18-24/h10,13,20-22,25-29,31-33,35-36H,4-9,11-12,14-19H2,1-3H3/t20-,22?,25?,26+,27-,28?,29?/m0/s1. The van der Waals surface area contributed by atoms with Gasteiger partial charge >= 0.3 is 0 Å². The lowest BCUT2D eigenvalue weighted by Gasteiger charge is -2.40. The van der Waals surface area contributed by atoms with Gasteiger partial charge in [0, 0.05) is 28.7 Å². The van der Waals surface area contributed by atoms with Crippen LogP contribution in [0.25, 0.3) is 0 Å². The highest BCUT2D eigenvalue weighted by atomic mass is 16.6. The second-order valence-electron chi connectivity index (χ2n) is 13.4. The number of allylic oxidation sites excluding steroid dienone is 2. The minimum atomic E-state index is -0.883. The Morgan fingerprint density at radius 3 is 2.42 bits per heavy atom. The van der Waals surface area contributed by atoms with Crippen molar-refractivity contribution in [1.82, 2.24) is 16.0 Å². The number of hydrogen-bond acceptors (Lipinski definition) is 7. The average molecular weight is 533 g/mol. The van der Waals surface area contributed by atoms with E-state index in [2.05, 4.69) is 28.1 Å². The van der Waals surface area contributed by atoms with Crippen molar-refractivity contribution < 1.29 is 15.1 Å². The molecule has 4 unspecified atom stereocenters. The fourth-order valence-electron chi connectivity index (χ4n) is 7.41. The van der Waals surface area contributed by atoms with Crippen molar-refractivity contribution in [2.24, 2.45) is 23.7 Å². The van der Waals surface area contributed by atoms with Gasteiger partial charge in [-0.25, -0.2) is 0 Å². The molecule has 7 atom stereocenters. The van der Waals surface area contributed by atoms with Gasteiger partial charge in [0.25, 0.3) is 0 Å². The SMILES string of the molecule is CC(C)(C)NC(O)C1CCCC=C1C[C@H]([C@@H](NC(O)C1CCNCC1)C1=CC[C@@H]2CCCCC2C1)[N+](=O)[O-]. The minimum absolute atomic E-state index is 0.0947. The normalized spacial score (nSPS) is 30.4. The molecule has 0 aromatic carbocycles. The Balaban J connectivity index is 1.58. The van der Waals surface area contributed by atoms with E-state index in [1.807, 2.05) is 20.8 Å². The molecule has 0 spiro atoms. The number of aliphatic hydroxyl groups is 2. The third-order valence-electron chi connectivity index (χ3n) is 9.49. The van der Waals surface area contributed by atoms with Crippen molar-refractivity contribution >= 4 is 0 Å². The van der Waals surface area contributed by atoms with Crippen LogP contribution < -0.4 is 16.0 Å². The molecule has 38 heavy (non-hydrogen) atoms. The Bertz CT molecular complexity index is 848. The van der Waals surface area contributed by atoms with Crippen LogP contribution in [0.15, 0.2) is 23.3 Å². The molecule has 0 aromatic heterocycles. The van der Waals surface area contributed by atoms with Crippen LogP contribution in [0.1, 0.15) is 97.8 Å². The molecule has 216 valence electrons. The molecule has 1 aliphatic heterocycles. The fourth-order valence-corrected chi connectivity index (χ4v) is 7.41. The first-order valence-corrected chi connectivity index (χ1v) is 15.2. The van der Waals surface area contributed by atoms with Gasteiger partial charge in [0.2, 0.25) is 6.04 Å². The Morgan fingerprint density at radius 1 is 1.03 bits per heavy atom. The lowest BCUT2D eigenvalue weighted by Crippen LogP contribution is -2.54. The van der Waals surface area contributed by atoms with Crippen LogP contribution in [-0.2, 0) is 0 Å². The maximum Gasteiger partial charge on any atom is 0.235 e. The summed E-state index contributed by atoms with van der Waals surface area (Å²) in [7, 11) is 0. The van der Waals surface area contributed by atoms with Gasteiger partial charge in [-0.05, 0) is 103 Å². The lowest BCUT2D eigenvalue weighted by molar-refractivity contribution is -0.525. The summed E-state index contributed by atoms with van der Waals surface area (Å²) >= 11 is 0. The number of nitro groups is 1. The Kier molecular flexibility index (Phi) is 10.4. The molecule has 2 fully saturated rings. The molecule has 1 heterocycles. The van der Waals surface area contributed by atoms with Crippen LogP contribution >= 0.6 is 0 Å². The number of piperidine rings is 1. The van der Waals surface area contributed by atoms with Gasteiger partial charge in [0.15, 0.2) is 0 Å². The number of nitrogens with one attached hydrogen (secondary N) is 3. The summed E-state index contributed by atoms with van der Waals surface area (Å²) in [6.07, 6.45) is 14.5. The third kappa shape index (κ3) is 7.87. The largest absolute Gasteiger partial charge is 0.378 e. The number of rotatable bonds is 10. The van der Waals surface area contributed by atoms with E-state index in [4.69, 9.17) is 0 Å². The van der Waals surface area contributed by atoms with E-state index >= 15 is 0 Å². The summed E-state index contributed by atoms with van der Waals surface area (Å²) in [6, 6.07) is -1.39. The smallest absolute Gasteiger partial charge is 0.235 e. The summed E-state index contributed by atoms with van der Waals surface area (Å²) in [4.78, 5) is 12.6. The maximum atomic E-state index is 12.7. The summed E-state index contributed by atoms with van der Waals surface area (Å²) < 4.78 is 0. The van der Waals surface area contributed by atoms with Crippen LogP contribution in [0.3, 0.4) is 0 Å². The maximum absolute atomic E-state index is 12.7. The molecule has 8 nitrogen and oxygen atoms in total. The van der Waals surface area contributed by atoms with Gasteiger partial charge in [-0.1, -0.05) is 36.1 Å². The zero-order valence-corrected chi connectivity index (χ0v) is 23.8. The first-order chi connectivity index (χ1) is 18.1. The van der Waals surface area contributed by atoms with Gasteiger partial charge in [0.05, 0.1) is 6.04 Å². The average Bonchev–Trinajstić information content (AvgIpc) is 2.90. The van der Waals surface area contributed by atoms with Gasteiger partial charge in [0.1, 0.15) is 12.5 Å². The number of fused-ring (bicyclic) bond motifs is 1. The molecule has 8 heteroatoms. The zero-order valence-electron chi connectivity index (χ0n) is 23.8. The quantitative estimate of drug-likeness (QED) is 0.123. The molecular weight excluding hydrogens is 480 g/mol. The van der Waals surface area contributed by atoms with Gasteiger partial charge in [-0.15, -0.1) is 0 Å². The first-order valence-electron chi connectivity index (χ1n) is 15.2. The predicted molar refractivity (Wildman–Crippen MR) is 151 cm³/mol. The second kappa shape index (κ2) is 13.4. The molecule has 4 rings (SSSR count). The molecule has 3 aliphatic carbocycles. The van der Waals surface area contributed by atoms with Crippen molar-refractivity contribution in [2.45, 2.75) is 128 Å². The molecule has 0 bridgehead atoms. The summed E-state index contributed by atoms with van der Waals surface area (Å²) in [6.45, 7) is 7.81. The summed E-state index contributed by atoms with van der Waals surface area (Å²) in [5.41, 5.74) is 1.85. The number of aliphatic hydroxyl groups excluding tert-OH is 2. The van der Waals surface area contributed by atoms with E-state index in [0.717, 1.165) is 69.2 Å². The lowest BCUT2D eigenvalue weighted by atomic mass is 9.69. The van der Waals surface area contributed by atoms with E-state index < -0.39 is 24.5 Å². The molecule has 5 N–H and O–H groups in total. The van der Waals surface area contributed by atoms with E-state index in [-0.39, 0.29) is 22.3 Å². The minimum Gasteiger partial charge on any atom is -0.378 e. The summed E-state index contributed by atoms with van der Waals surface area (Å²) in [5, 5.41) is 45.1. The molecule has 1 saturated heterocycles. The highest BCUT2D eigenvalue weighted by molar-refractivity contribution is 5.22. The van der Waals surface area contributed by atoms with Crippen molar-refractivity contribution in [3.8, 4) is 0 Å². The number of nitrogens with zero attached hydrogens (tertiary/aromatic N) is 1.